The Kier molecular flexibility index (Phi) is 35.5. The van der Waals surface area contributed by atoms with Gasteiger partial charge in [-0.3, -0.25) is 9.35 Å². The molecule has 292 valence electrons. The number of carbonyl (C=O) groups is 1. The molecule has 2 atom stereocenters. The molecule has 0 aliphatic rings. The summed E-state index contributed by atoms with van der Waals surface area (Å²) in [6.07, 6.45) is 54.2. The van der Waals surface area contributed by atoms with Gasteiger partial charge in [-0.1, -0.05) is 170 Å². The second-order valence-electron chi connectivity index (χ2n) is 13.5. The predicted octanol–water partition coefficient (Wildman–Crippen LogP) is 12.0. The van der Waals surface area contributed by atoms with Crippen LogP contribution in [0.2, 0.25) is 0 Å². The number of allylic oxidation sites excluding steroid dienone is 13. The molecule has 2 unspecified atom stereocenters. The van der Waals surface area contributed by atoms with E-state index in [2.05, 4.69) is 92.1 Å². The van der Waals surface area contributed by atoms with Gasteiger partial charge in [0.05, 0.1) is 17.9 Å². The second-order valence-corrected chi connectivity index (χ2v) is 15.0. The molecule has 0 aromatic carbocycles. The van der Waals surface area contributed by atoms with E-state index in [1.807, 2.05) is 0 Å². The van der Waals surface area contributed by atoms with Crippen molar-refractivity contribution in [3.63, 3.8) is 0 Å². The molecule has 0 fully saturated rings. The van der Waals surface area contributed by atoms with Gasteiger partial charge in [0.25, 0.3) is 10.1 Å². The minimum Gasteiger partial charge on any atom is -0.387 e. The Labute approximate surface area is 314 Å². The number of aliphatic hydroxyl groups excluding tert-OH is 1. The highest BCUT2D eigenvalue weighted by molar-refractivity contribution is 7.85. The van der Waals surface area contributed by atoms with E-state index >= 15 is 0 Å². The Morgan fingerprint density at radius 3 is 1.47 bits per heavy atom. The molecule has 3 N–H and O–H groups in total. The van der Waals surface area contributed by atoms with Crippen LogP contribution in [0.25, 0.3) is 0 Å². The Balaban J connectivity index is 3.99. The Bertz CT molecular complexity index is 1120. The Morgan fingerprint density at radius 2 is 0.961 bits per heavy atom. The summed E-state index contributed by atoms with van der Waals surface area (Å²) in [5.74, 6) is -1.02. The van der Waals surface area contributed by atoms with Crippen molar-refractivity contribution in [3.05, 3.63) is 85.1 Å². The summed E-state index contributed by atoms with van der Waals surface area (Å²) < 4.78 is 32.4. The van der Waals surface area contributed by atoms with Gasteiger partial charge in [0.2, 0.25) is 5.91 Å². The molecule has 51 heavy (non-hydrogen) atoms. The molecule has 0 spiro atoms. The van der Waals surface area contributed by atoms with Crippen molar-refractivity contribution in [1.82, 2.24) is 5.32 Å². The standard InChI is InChI=1S/C44H75NO5S/c1-3-5-7-9-11-13-15-17-18-19-20-21-22-23-24-25-26-28-30-32-34-36-38-40-44(47)45-42(41-51(48,49)50)43(46)39-37-35-33-31-29-27-16-14-12-10-8-6-4-2/h5,7,11,13,17-18,20-21,23-24,29,31,37,39,42-43,46H,3-4,6,8-10,12,14-16,19,22,25-28,30,32-36,38,40-41H2,1-2H3,(H,45,47)(H,48,49,50)/b7-5-,13-11-,18-17-,21-20-,24-23-,31-29+,39-37+. The van der Waals surface area contributed by atoms with Crippen LogP contribution in [0, 0.1) is 0 Å². The Morgan fingerprint density at radius 1 is 0.549 bits per heavy atom. The van der Waals surface area contributed by atoms with Gasteiger partial charge in [-0.2, -0.15) is 8.42 Å². The summed E-state index contributed by atoms with van der Waals surface area (Å²) >= 11 is 0. The molecule has 0 radical (unpaired) electrons. The topological polar surface area (TPSA) is 104 Å². The van der Waals surface area contributed by atoms with Gasteiger partial charge in [0.15, 0.2) is 0 Å². The molecule has 0 rings (SSSR count). The monoisotopic (exact) mass is 730 g/mol. The van der Waals surface area contributed by atoms with E-state index < -0.39 is 28.0 Å². The van der Waals surface area contributed by atoms with Crippen LogP contribution >= 0.6 is 0 Å². The minimum absolute atomic E-state index is 0.270. The van der Waals surface area contributed by atoms with E-state index in [9.17, 15) is 22.9 Å². The van der Waals surface area contributed by atoms with Gasteiger partial charge in [-0.05, 0) is 77.0 Å². The molecule has 0 aromatic rings. The highest BCUT2D eigenvalue weighted by atomic mass is 32.2. The fourth-order valence-corrected chi connectivity index (χ4v) is 6.28. The zero-order valence-electron chi connectivity index (χ0n) is 32.4. The first kappa shape index (κ1) is 48.5. The van der Waals surface area contributed by atoms with Gasteiger partial charge in [0, 0.05) is 6.42 Å². The molecule has 7 heteroatoms. The molecule has 1 amide bonds. The van der Waals surface area contributed by atoms with Crippen LogP contribution in [-0.4, -0.2) is 41.9 Å². The van der Waals surface area contributed by atoms with E-state index in [0.29, 0.717) is 12.8 Å². The van der Waals surface area contributed by atoms with Crippen LogP contribution in [0.15, 0.2) is 85.1 Å². The van der Waals surface area contributed by atoms with Crippen molar-refractivity contribution in [1.29, 1.82) is 0 Å². The van der Waals surface area contributed by atoms with Crippen LogP contribution in [0.3, 0.4) is 0 Å². The molecule has 0 saturated carbocycles. The van der Waals surface area contributed by atoms with Crippen molar-refractivity contribution < 1.29 is 22.9 Å². The lowest BCUT2D eigenvalue weighted by molar-refractivity contribution is -0.122. The van der Waals surface area contributed by atoms with Crippen LogP contribution in [0.1, 0.15) is 168 Å². The highest BCUT2D eigenvalue weighted by Gasteiger charge is 2.24. The van der Waals surface area contributed by atoms with Crippen molar-refractivity contribution in [3.8, 4) is 0 Å². The summed E-state index contributed by atoms with van der Waals surface area (Å²) in [6, 6.07) is -1.08. The van der Waals surface area contributed by atoms with Crippen molar-refractivity contribution in [2.75, 3.05) is 5.75 Å². The third kappa shape index (κ3) is 38.6. The van der Waals surface area contributed by atoms with Gasteiger partial charge >= 0.3 is 0 Å². The third-order valence-electron chi connectivity index (χ3n) is 8.56. The molecule has 6 nitrogen and oxygen atoms in total. The minimum atomic E-state index is -4.36. The van der Waals surface area contributed by atoms with Crippen LogP contribution in [-0.2, 0) is 14.9 Å². The van der Waals surface area contributed by atoms with Crippen LogP contribution in [0.5, 0.6) is 0 Å². The van der Waals surface area contributed by atoms with E-state index in [0.717, 1.165) is 70.6 Å². The van der Waals surface area contributed by atoms with Gasteiger partial charge in [0.1, 0.15) is 0 Å². The van der Waals surface area contributed by atoms with Gasteiger partial charge in [-0.15, -0.1) is 0 Å². The first-order valence-corrected chi connectivity index (χ1v) is 21.9. The normalized spacial score (nSPS) is 14.2. The lowest BCUT2D eigenvalue weighted by Crippen LogP contribution is -2.46. The first-order valence-electron chi connectivity index (χ1n) is 20.3. The van der Waals surface area contributed by atoms with Crippen LogP contribution < -0.4 is 5.32 Å². The molecule has 0 aliphatic heterocycles. The molecule has 0 heterocycles. The molecular weight excluding hydrogens is 655 g/mol. The van der Waals surface area contributed by atoms with E-state index in [-0.39, 0.29) is 12.3 Å². The number of rotatable bonds is 35. The Hall–Kier alpha value is -2.48. The van der Waals surface area contributed by atoms with Crippen LogP contribution in [0.4, 0.5) is 0 Å². The number of nitrogens with one attached hydrogen (secondary N) is 1. The molecule has 0 aliphatic carbocycles. The summed E-state index contributed by atoms with van der Waals surface area (Å²) in [5, 5.41) is 13.2. The first-order chi connectivity index (χ1) is 24.8. The predicted molar refractivity (Wildman–Crippen MR) is 220 cm³/mol. The summed E-state index contributed by atoms with van der Waals surface area (Å²) in [4.78, 5) is 12.5. The van der Waals surface area contributed by atoms with Crippen molar-refractivity contribution in [2.45, 2.75) is 180 Å². The maximum atomic E-state index is 12.5. The maximum Gasteiger partial charge on any atom is 0.267 e. The van der Waals surface area contributed by atoms with Gasteiger partial charge < -0.3 is 10.4 Å². The number of aliphatic hydroxyl groups is 1. The number of hydrogen-bond donors (Lipinski definition) is 3. The number of unbranched alkanes of at least 4 members (excludes halogenated alkanes) is 15. The zero-order valence-corrected chi connectivity index (χ0v) is 33.3. The summed E-state index contributed by atoms with van der Waals surface area (Å²) in [5.41, 5.74) is 0. The maximum absolute atomic E-state index is 12.5. The fraction of sp³-hybridized carbons (Fsp3) is 0.659. The van der Waals surface area contributed by atoms with Gasteiger partial charge in [-0.25, -0.2) is 0 Å². The lowest BCUT2D eigenvalue weighted by atomic mass is 10.1. The van der Waals surface area contributed by atoms with E-state index in [4.69, 9.17) is 0 Å². The SMILES string of the molecule is CC/C=C\C/C=C\C/C=C\C/C=C\C/C=C\CCCCCCCCCC(=O)NC(CS(=O)(=O)O)C(O)/C=C/CC/C=C/CCCCCCCCC. The quantitative estimate of drug-likeness (QED) is 0.0342. The molecule has 0 bridgehead atoms. The molecule has 0 saturated heterocycles. The fourth-order valence-electron chi connectivity index (χ4n) is 5.55. The summed E-state index contributed by atoms with van der Waals surface area (Å²) in [7, 11) is -4.36. The largest absolute Gasteiger partial charge is 0.387 e. The molecular formula is C44H75NO5S. The van der Waals surface area contributed by atoms with Crippen molar-refractivity contribution >= 4 is 16.0 Å². The van der Waals surface area contributed by atoms with E-state index in [1.54, 1.807) is 6.08 Å². The highest BCUT2D eigenvalue weighted by Crippen LogP contribution is 2.12. The third-order valence-corrected chi connectivity index (χ3v) is 9.34. The number of amides is 1. The van der Waals surface area contributed by atoms with Crippen molar-refractivity contribution in [2.24, 2.45) is 0 Å². The number of carbonyl (C=O) groups excluding carboxylic acids is 1. The number of hydrogen-bond acceptors (Lipinski definition) is 4. The average molecular weight is 730 g/mol. The summed E-state index contributed by atoms with van der Waals surface area (Å²) in [6.45, 7) is 4.38. The smallest absolute Gasteiger partial charge is 0.267 e. The second kappa shape index (κ2) is 37.3. The molecule has 0 aromatic heterocycles. The lowest BCUT2D eigenvalue weighted by Gasteiger charge is -2.21. The van der Waals surface area contributed by atoms with E-state index in [1.165, 1.54) is 70.3 Å². The zero-order chi connectivity index (χ0) is 37.5. The average Bonchev–Trinajstić information content (AvgIpc) is 3.09.